The van der Waals surface area contributed by atoms with E-state index in [2.05, 4.69) is 5.10 Å². The quantitative estimate of drug-likeness (QED) is 0.843. The first-order valence-corrected chi connectivity index (χ1v) is 5.94. The van der Waals surface area contributed by atoms with Crippen molar-refractivity contribution in [1.82, 2.24) is 14.7 Å². The number of carbonyl (C=O) groups is 1. The number of rotatable bonds is 1. The lowest BCUT2D eigenvalue weighted by atomic mass is 9.97. The molecule has 0 spiro atoms. The number of halogens is 3. The Morgan fingerprint density at radius 3 is 2.74 bits per heavy atom. The SMILES string of the molecule is Cn1ncc(N)c1C(=O)N1CCCC(C(F)(F)F)C1. The summed E-state index contributed by atoms with van der Waals surface area (Å²) in [6.07, 6.45) is -2.54. The van der Waals surface area contributed by atoms with Crippen molar-refractivity contribution >= 4 is 11.6 Å². The number of nitrogen functional groups attached to an aromatic ring is 1. The molecule has 1 aromatic heterocycles. The van der Waals surface area contributed by atoms with E-state index in [9.17, 15) is 18.0 Å². The summed E-state index contributed by atoms with van der Waals surface area (Å²) in [4.78, 5) is 13.4. The van der Waals surface area contributed by atoms with Crippen molar-refractivity contribution in [2.45, 2.75) is 19.0 Å². The molecule has 1 aliphatic heterocycles. The Morgan fingerprint density at radius 1 is 1.53 bits per heavy atom. The Bertz CT molecular complexity index is 463. The van der Waals surface area contributed by atoms with Gasteiger partial charge in [0.1, 0.15) is 5.69 Å². The second-order valence-electron chi connectivity index (χ2n) is 4.70. The number of nitrogens with two attached hydrogens (primary N) is 1. The number of piperidine rings is 1. The minimum absolute atomic E-state index is 0.0636. The Balaban J connectivity index is 2.16. The number of nitrogens with zero attached hydrogens (tertiary/aromatic N) is 3. The van der Waals surface area contributed by atoms with Crippen LogP contribution in [0.25, 0.3) is 0 Å². The molecule has 1 fully saturated rings. The van der Waals surface area contributed by atoms with Gasteiger partial charge in [-0.15, -0.1) is 0 Å². The van der Waals surface area contributed by atoms with Gasteiger partial charge in [-0.1, -0.05) is 0 Å². The normalized spacial score (nSPS) is 20.6. The molecule has 0 aliphatic carbocycles. The first-order valence-electron chi connectivity index (χ1n) is 5.94. The van der Waals surface area contributed by atoms with Gasteiger partial charge in [0.2, 0.25) is 0 Å². The van der Waals surface area contributed by atoms with Crippen LogP contribution in [-0.4, -0.2) is 39.9 Å². The number of alkyl halides is 3. The molecule has 2 rings (SSSR count). The fourth-order valence-electron chi connectivity index (χ4n) is 2.29. The number of hydrogen-bond donors (Lipinski definition) is 1. The van der Waals surface area contributed by atoms with Crippen molar-refractivity contribution in [3.8, 4) is 0 Å². The highest BCUT2D eigenvalue weighted by molar-refractivity contribution is 5.97. The number of amides is 1. The molecule has 8 heteroatoms. The van der Waals surface area contributed by atoms with E-state index in [1.54, 1.807) is 0 Å². The summed E-state index contributed by atoms with van der Waals surface area (Å²) in [7, 11) is 1.54. The van der Waals surface area contributed by atoms with Gasteiger partial charge >= 0.3 is 6.18 Å². The zero-order chi connectivity index (χ0) is 14.2. The zero-order valence-electron chi connectivity index (χ0n) is 10.4. The molecule has 1 amide bonds. The molecule has 19 heavy (non-hydrogen) atoms. The largest absolute Gasteiger partial charge is 0.396 e. The van der Waals surface area contributed by atoms with E-state index in [4.69, 9.17) is 5.73 Å². The number of aromatic nitrogens is 2. The van der Waals surface area contributed by atoms with Crippen molar-refractivity contribution < 1.29 is 18.0 Å². The van der Waals surface area contributed by atoms with E-state index in [0.717, 1.165) is 0 Å². The maximum atomic E-state index is 12.7. The first-order chi connectivity index (χ1) is 8.80. The molecule has 2 N–H and O–H groups in total. The second kappa shape index (κ2) is 4.75. The van der Waals surface area contributed by atoms with Crippen LogP contribution in [0, 0.1) is 5.92 Å². The number of carbonyl (C=O) groups excluding carboxylic acids is 1. The minimum Gasteiger partial charge on any atom is -0.396 e. The standard InChI is InChI=1S/C11H15F3N4O/c1-17-9(8(15)5-16-17)10(19)18-4-2-3-7(6-18)11(12,13)14/h5,7H,2-4,6,15H2,1H3. The average Bonchev–Trinajstić information content (AvgIpc) is 2.67. The van der Waals surface area contributed by atoms with E-state index >= 15 is 0 Å². The third-order valence-corrected chi connectivity index (χ3v) is 3.34. The number of hydrogen-bond acceptors (Lipinski definition) is 3. The molecule has 0 aromatic carbocycles. The van der Waals surface area contributed by atoms with Crippen LogP contribution in [0.15, 0.2) is 6.20 Å². The van der Waals surface area contributed by atoms with Crippen LogP contribution in [0.1, 0.15) is 23.3 Å². The summed E-state index contributed by atoms with van der Waals surface area (Å²) >= 11 is 0. The second-order valence-corrected chi connectivity index (χ2v) is 4.70. The molecular formula is C11H15F3N4O. The zero-order valence-corrected chi connectivity index (χ0v) is 10.4. The van der Waals surface area contributed by atoms with Crippen molar-refractivity contribution in [3.63, 3.8) is 0 Å². The predicted molar refractivity (Wildman–Crippen MR) is 62.3 cm³/mol. The number of aryl methyl sites for hydroxylation is 1. The monoisotopic (exact) mass is 276 g/mol. The van der Waals surface area contributed by atoms with Gasteiger partial charge in [-0.3, -0.25) is 9.48 Å². The van der Waals surface area contributed by atoms with Crippen LogP contribution < -0.4 is 5.73 Å². The summed E-state index contributed by atoms with van der Waals surface area (Å²) in [5.74, 6) is -1.95. The molecule has 1 saturated heterocycles. The first kappa shape index (κ1) is 13.7. The average molecular weight is 276 g/mol. The highest BCUT2D eigenvalue weighted by atomic mass is 19.4. The molecular weight excluding hydrogens is 261 g/mol. The molecule has 2 heterocycles. The van der Waals surface area contributed by atoms with Gasteiger partial charge in [-0.25, -0.2) is 0 Å². The lowest BCUT2D eigenvalue weighted by Crippen LogP contribution is -2.45. The van der Waals surface area contributed by atoms with Gasteiger partial charge in [0.05, 0.1) is 17.8 Å². The molecule has 0 bridgehead atoms. The molecule has 1 unspecified atom stereocenters. The summed E-state index contributed by atoms with van der Waals surface area (Å²) in [6, 6.07) is 0. The van der Waals surface area contributed by atoms with Crippen LogP contribution in [0.3, 0.4) is 0 Å². The van der Waals surface area contributed by atoms with Crippen molar-refractivity contribution in [3.05, 3.63) is 11.9 Å². The summed E-state index contributed by atoms with van der Waals surface area (Å²) in [5.41, 5.74) is 5.94. The third-order valence-electron chi connectivity index (χ3n) is 3.34. The van der Waals surface area contributed by atoms with Gasteiger partial charge in [0.25, 0.3) is 5.91 Å². The highest BCUT2D eigenvalue weighted by Gasteiger charge is 2.43. The molecule has 0 radical (unpaired) electrons. The summed E-state index contributed by atoms with van der Waals surface area (Å²) in [6.45, 7) is 0.00296. The van der Waals surface area contributed by atoms with E-state index in [-0.39, 0.29) is 24.3 Å². The highest BCUT2D eigenvalue weighted by Crippen LogP contribution is 2.33. The van der Waals surface area contributed by atoms with Crippen LogP contribution in [0.4, 0.5) is 18.9 Å². The van der Waals surface area contributed by atoms with E-state index in [1.165, 1.54) is 22.8 Å². The maximum Gasteiger partial charge on any atom is 0.393 e. The molecule has 1 aromatic rings. The predicted octanol–water partition coefficient (Wildman–Crippen LogP) is 1.42. The summed E-state index contributed by atoms with van der Waals surface area (Å²) in [5, 5.41) is 3.82. The number of likely N-dealkylation sites (tertiary alicyclic amines) is 1. The minimum atomic E-state index is -4.27. The smallest absolute Gasteiger partial charge is 0.393 e. The topological polar surface area (TPSA) is 64.2 Å². The molecule has 5 nitrogen and oxygen atoms in total. The molecule has 0 saturated carbocycles. The van der Waals surface area contributed by atoms with Crippen LogP contribution >= 0.6 is 0 Å². The fraction of sp³-hybridized carbons (Fsp3) is 0.636. The lowest BCUT2D eigenvalue weighted by molar-refractivity contribution is -0.184. The maximum absolute atomic E-state index is 12.7. The van der Waals surface area contributed by atoms with Gasteiger partial charge < -0.3 is 10.6 Å². The lowest BCUT2D eigenvalue weighted by Gasteiger charge is -2.33. The van der Waals surface area contributed by atoms with Gasteiger partial charge in [-0.05, 0) is 12.8 Å². The van der Waals surface area contributed by atoms with Crippen LogP contribution in [0.2, 0.25) is 0 Å². The van der Waals surface area contributed by atoms with E-state index in [1.807, 2.05) is 0 Å². The van der Waals surface area contributed by atoms with Gasteiger partial charge in [-0.2, -0.15) is 18.3 Å². The van der Waals surface area contributed by atoms with Crippen molar-refractivity contribution in [1.29, 1.82) is 0 Å². The Kier molecular flexibility index (Phi) is 3.42. The van der Waals surface area contributed by atoms with E-state index < -0.39 is 18.0 Å². The van der Waals surface area contributed by atoms with Gasteiger partial charge in [0, 0.05) is 20.1 Å². The summed E-state index contributed by atoms with van der Waals surface area (Å²) < 4.78 is 39.4. The Morgan fingerprint density at radius 2 is 2.21 bits per heavy atom. The van der Waals surface area contributed by atoms with E-state index in [0.29, 0.717) is 13.0 Å². The Hall–Kier alpha value is -1.73. The molecule has 1 atom stereocenters. The Labute approximate surface area is 108 Å². The van der Waals surface area contributed by atoms with Gasteiger partial charge in [0.15, 0.2) is 0 Å². The van der Waals surface area contributed by atoms with Crippen molar-refractivity contribution in [2.75, 3.05) is 18.8 Å². The third kappa shape index (κ3) is 2.66. The van der Waals surface area contributed by atoms with Crippen LogP contribution in [-0.2, 0) is 7.05 Å². The van der Waals surface area contributed by atoms with Crippen LogP contribution in [0.5, 0.6) is 0 Å². The molecule has 1 aliphatic rings. The fourth-order valence-corrected chi connectivity index (χ4v) is 2.29. The number of anilines is 1. The molecule has 106 valence electrons. The van der Waals surface area contributed by atoms with Crippen molar-refractivity contribution in [2.24, 2.45) is 13.0 Å².